The predicted octanol–water partition coefficient (Wildman–Crippen LogP) is 4.23. The van der Waals surface area contributed by atoms with E-state index in [2.05, 4.69) is 15.9 Å². The molecule has 1 saturated heterocycles. The van der Waals surface area contributed by atoms with Crippen LogP contribution in [0.2, 0.25) is 0 Å². The largest absolute Gasteiger partial charge is 0.507 e. The van der Waals surface area contributed by atoms with E-state index in [0.717, 1.165) is 27.8 Å². The minimum Gasteiger partial charge on any atom is -0.507 e. The lowest BCUT2D eigenvalue weighted by molar-refractivity contribution is -0.140. The van der Waals surface area contributed by atoms with Crippen LogP contribution in [0.1, 0.15) is 36.1 Å². The summed E-state index contributed by atoms with van der Waals surface area (Å²) in [6.45, 7) is 2.80. The highest BCUT2D eigenvalue weighted by Crippen LogP contribution is 2.41. The lowest BCUT2D eigenvalue weighted by atomic mass is 9.94. The highest BCUT2D eigenvalue weighted by Gasteiger charge is 2.45. The standard InChI is InChI=1S/C24H24BrNO5/c1-14-11-17-12-16(7-8-19(17)31-14)22(27)20-21(15-5-3-6-18(25)13-15)26(9-4-10-30-2)24(29)23(20)28/h3,5-8,12-14,21,27H,4,9-11H2,1-2H3. The minimum atomic E-state index is -0.676. The number of aliphatic hydroxyl groups is 1. The van der Waals surface area contributed by atoms with Crippen LogP contribution in [0.15, 0.2) is 52.5 Å². The quantitative estimate of drug-likeness (QED) is 0.286. The van der Waals surface area contributed by atoms with Gasteiger partial charge < -0.3 is 19.5 Å². The SMILES string of the molecule is COCCCN1C(=O)C(=O)C(=C(O)c2ccc3c(c2)CC(C)O3)C1c1cccc(Br)c1. The van der Waals surface area contributed by atoms with Gasteiger partial charge in [0.15, 0.2) is 0 Å². The normalized spacial score (nSPS) is 22.0. The number of methoxy groups -OCH3 is 1. The Labute approximate surface area is 189 Å². The van der Waals surface area contributed by atoms with Gasteiger partial charge in [-0.05, 0) is 54.8 Å². The summed E-state index contributed by atoms with van der Waals surface area (Å²) in [6, 6.07) is 12.1. The van der Waals surface area contributed by atoms with E-state index in [9.17, 15) is 14.7 Å². The molecule has 6 nitrogen and oxygen atoms in total. The average Bonchev–Trinajstić information content (AvgIpc) is 3.24. The lowest BCUT2D eigenvalue weighted by Gasteiger charge is -2.25. The third-order valence-corrected chi connectivity index (χ3v) is 6.11. The molecule has 0 spiro atoms. The van der Waals surface area contributed by atoms with Crippen molar-refractivity contribution in [3.8, 4) is 5.75 Å². The molecule has 2 aliphatic rings. The summed E-state index contributed by atoms with van der Waals surface area (Å²) in [5, 5.41) is 11.2. The van der Waals surface area contributed by atoms with E-state index < -0.39 is 17.7 Å². The van der Waals surface area contributed by atoms with Crippen LogP contribution in [-0.4, -0.2) is 48.1 Å². The van der Waals surface area contributed by atoms with Crippen LogP contribution in [-0.2, 0) is 20.7 Å². The molecule has 2 unspecified atom stereocenters. The van der Waals surface area contributed by atoms with Gasteiger partial charge in [-0.2, -0.15) is 0 Å². The molecule has 1 fully saturated rings. The smallest absolute Gasteiger partial charge is 0.295 e. The summed E-state index contributed by atoms with van der Waals surface area (Å²) in [5.41, 5.74) is 2.34. The van der Waals surface area contributed by atoms with E-state index in [1.54, 1.807) is 19.2 Å². The van der Waals surface area contributed by atoms with Crippen molar-refractivity contribution >= 4 is 33.4 Å². The Morgan fingerprint density at radius 2 is 2.06 bits per heavy atom. The summed E-state index contributed by atoms with van der Waals surface area (Å²) in [4.78, 5) is 27.5. The van der Waals surface area contributed by atoms with Crippen LogP contribution in [0, 0.1) is 0 Å². The first-order valence-electron chi connectivity index (χ1n) is 10.2. The van der Waals surface area contributed by atoms with Crippen LogP contribution in [0.4, 0.5) is 0 Å². The molecule has 2 heterocycles. The molecule has 0 saturated carbocycles. The van der Waals surface area contributed by atoms with Crippen molar-refractivity contribution in [3.63, 3.8) is 0 Å². The van der Waals surface area contributed by atoms with Gasteiger partial charge in [0.05, 0.1) is 11.6 Å². The van der Waals surface area contributed by atoms with Gasteiger partial charge in [0.2, 0.25) is 0 Å². The number of aliphatic hydroxyl groups excluding tert-OH is 1. The minimum absolute atomic E-state index is 0.0698. The lowest BCUT2D eigenvalue weighted by Crippen LogP contribution is -2.31. The van der Waals surface area contributed by atoms with Gasteiger partial charge in [0, 0.05) is 36.7 Å². The zero-order chi connectivity index (χ0) is 22.1. The number of hydrogen-bond donors (Lipinski definition) is 1. The van der Waals surface area contributed by atoms with Gasteiger partial charge >= 0.3 is 0 Å². The molecule has 0 bridgehead atoms. The number of ether oxygens (including phenoxy) is 2. The van der Waals surface area contributed by atoms with Crippen molar-refractivity contribution in [2.45, 2.75) is 31.9 Å². The van der Waals surface area contributed by atoms with E-state index in [0.29, 0.717) is 25.1 Å². The number of benzene rings is 2. The fourth-order valence-electron chi connectivity index (χ4n) is 4.24. The molecule has 162 valence electrons. The van der Waals surface area contributed by atoms with Gasteiger partial charge in [-0.1, -0.05) is 28.1 Å². The third-order valence-electron chi connectivity index (χ3n) is 5.62. The second-order valence-corrected chi connectivity index (χ2v) is 8.76. The van der Waals surface area contributed by atoms with Crippen molar-refractivity contribution in [2.75, 3.05) is 20.3 Å². The Hall–Kier alpha value is -2.64. The predicted molar refractivity (Wildman–Crippen MR) is 120 cm³/mol. The number of nitrogens with zero attached hydrogens (tertiary/aromatic N) is 1. The molecular formula is C24H24BrNO5. The Morgan fingerprint density at radius 1 is 1.26 bits per heavy atom. The molecule has 2 aromatic rings. The Balaban J connectivity index is 1.80. The monoisotopic (exact) mass is 485 g/mol. The summed E-state index contributed by atoms with van der Waals surface area (Å²) in [5.74, 6) is -0.668. The van der Waals surface area contributed by atoms with Gasteiger partial charge in [-0.25, -0.2) is 0 Å². The fraction of sp³-hybridized carbons (Fsp3) is 0.333. The number of fused-ring (bicyclic) bond motifs is 1. The van der Waals surface area contributed by atoms with Crippen molar-refractivity contribution in [2.24, 2.45) is 0 Å². The van der Waals surface area contributed by atoms with Crippen molar-refractivity contribution in [1.82, 2.24) is 4.90 Å². The highest BCUT2D eigenvalue weighted by molar-refractivity contribution is 9.10. The van der Waals surface area contributed by atoms with Gasteiger partial charge in [-0.15, -0.1) is 0 Å². The fourth-order valence-corrected chi connectivity index (χ4v) is 4.65. The molecule has 4 rings (SSSR count). The number of Topliss-reactive ketones (excluding diaryl/α,β-unsaturated/α-hetero) is 1. The molecule has 0 aliphatic carbocycles. The second kappa shape index (κ2) is 8.85. The molecule has 0 aromatic heterocycles. The van der Waals surface area contributed by atoms with E-state index in [1.165, 1.54) is 4.90 Å². The van der Waals surface area contributed by atoms with E-state index in [1.807, 2.05) is 37.3 Å². The molecule has 2 aromatic carbocycles. The topological polar surface area (TPSA) is 76.1 Å². The van der Waals surface area contributed by atoms with E-state index >= 15 is 0 Å². The zero-order valence-corrected chi connectivity index (χ0v) is 19.0. The van der Waals surface area contributed by atoms with Crippen LogP contribution in [0.5, 0.6) is 5.75 Å². The summed E-state index contributed by atoms with van der Waals surface area (Å²) in [6.07, 6.45) is 1.39. The first-order valence-corrected chi connectivity index (χ1v) is 11.0. The molecule has 0 radical (unpaired) electrons. The van der Waals surface area contributed by atoms with E-state index in [4.69, 9.17) is 9.47 Å². The maximum absolute atomic E-state index is 13.0. The summed E-state index contributed by atoms with van der Waals surface area (Å²) >= 11 is 3.46. The van der Waals surface area contributed by atoms with Gasteiger partial charge in [0.1, 0.15) is 17.6 Å². The first-order chi connectivity index (χ1) is 14.9. The third kappa shape index (κ3) is 4.12. The molecule has 1 amide bonds. The number of amides is 1. The first kappa shape index (κ1) is 21.6. The number of likely N-dealkylation sites (tertiary alicyclic amines) is 1. The molecular weight excluding hydrogens is 462 g/mol. The van der Waals surface area contributed by atoms with Crippen LogP contribution < -0.4 is 4.74 Å². The Bertz CT molecular complexity index is 1060. The maximum Gasteiger partial charge on any atom is 0.295 e. The highest BCUT2D eigenvalue weighted by atomic mass is 79.9. The Kier molecular flexibility index (Phi) is 6.16. The number of carbonyl (C=O) groups excluding carboxylic acids is 2. The zero-order valence-electron chi connectivity index (χ0n) is 17.4. The molecule has 31 heavy (non-hydrogen) atoms. The Morgan fingerprint density at radius 3 is 2.81 bits per heavy atom. The molecule has 7 heteroatoms. The number of rotatable bonds is 6. The summed E-state index contributed by atoms with van der Waals surface area (Å²) in [7, 11) is 1.60. The molecule has 1 N–H and O–H groups in total. The van der Waals surface area contributed by atoms with E-state index in [-0.39, 0.29) is 17.4 Å². The van der Waals surface area contributed by atoms with Crippen molar-refractivity contribution in [1.29, 1.82) is 0 Å². The number of carbonyl (C=O) groups is 2. The van der Waals surface area contributed by atoms with Crippen molar-refractivity contribution < 1.29 is 24.2 Å². The van der Waals surface area contributed by atoms with Crippen LogP contribution in [0.3, 0.4) is 0 Å². The summed E-state index contributed by atoms with van der Waals surface area (Å²) < 4.78 is 11.7. The molecule has 2 atom stereocenters. The number of hydrogen-bond acceptors (Lipinski definition) is 5. The van der Waals surface area contributed by atoms with Crippen molar-refractivity contribution in [3.05, 3.63) is 69.2 Å². The average molecular weight is 486 g/mol. The van der Waals surface area contributed by atoms with Crippen LogP contribution >= 0.6 is 15.9 Å². The molecule has 2 aliphatic heterocycles. The second-order valence-electron chi connectivity index (χ2n) is 7.85. The van der Waals surface area contributed by atoms with Gasteiger partial charge in [0.25, 0.3) is 11.7 Å². The number of ketones is 1. The van der Waals surface area contributed by atoms with Crippen LogP contribution in [0.25, 0.3) is 5.76 Å². The maximum atomic E-state index is 13.0. The number of halogens is 1. The van der Waals surface area contributed by atoms with Gasteiger partial charge in [-0.3, -0.25) is 9.59 Å².